The van der Waals surface area contributed by atoms with E-state index in [-0.39, 0.29) is 29.9 Å². The number of ether oxygens (including phenoxy) is 2. The lowest BCUT2D eigenvalue weighted by atomic mass is 10.2. The summed E-state index contributed by atoms with van der Waals surface area (Å²) >= 11 is 0. The first-order valence-electron chi connectivity index (χ1n) is 9.45. The molecule has 0 radical (unpaired) electrons. The molecule has 0 saturated heterocycles. The molecule has 154 valence electrons. The maximum atomic E-state index is 11.3. The van der Waals surface area contributed by atoms with Gasteiger partial charge < -0.3 is 20.1 Å². The molecule has 0 amide bonds. The van der Waals surface area contributed by atoms with Crippen molar-refractivity contribution >= 4 is 35.9 Å². The summed E-state index contributed by atoms with van der Waals surface area (Å²) in [6.07, 6.45) is 1.14. The fourth-order valence-corrected chi connectivity index (χ4v) is 2.27. The van der Waals surface area contributed by atoms with Crippen molar-refractivity contribution in [2.45, 2.75) is 40.2 Å². The Hall–Kier alpha value is -1.35. The van der Waals surface area contributed by atoms with Crippen LogP contribution < -0.4 is 10.6 Å². The van der Waals surface area contributed by atoms with Gasteiger partial charge >= 0.3 is 5.97 Å². The van der Waals surface area contributed by atoms with Crippen molar-refractivity contribution in [1.82, 2.24) is 10.6 Å². The monoisotopic (exact) mass is 491 g/mol. The zero-order valence-corrected chi connectivity index (χ0v) is 19.0. The topological polar surface area (TPSA) is 72.0 Å². The molecular formula is C20H34IN3O3. The Labute approximate surface area is 180 Å². The van der Waals surface area contributed by atoms with Gasteiger partial charge in [0, 0.05) is 26.1 Å². The van der Waals surface area contributed by atoms with Gasteiger partial charge in [-0.25, -0.2) is 0 Å². The molecule has 0 aliphatic carbocycles. The zero-order valence-electron chi connectivity index (χ0n) is 16.7. The number of halogens is 1. The average Bonchev–Trinajstić information content (AvgIpc) is 2.64. The van der Waals surface area contributed by atoms with Crippen LogP contribution in [0.4, 0.5) is 0 Å². The SMILES string of the molecule is CCNC(=NCC(C)COCc1ccccc1)NCCCC(=O)OCC.I. The Balaban J connectivity index is 0.00000676. The number of hydrogen-bond acceptors (Lipinski definition) is 4. The number of nitrogens with one attached hydrogen (secondary N) is 2. The third kappa shape index (κ3) is 13.5. The first-order chi connectivity index (χ1) is 12.7. The Kier molecular flexibility index (Phi) is 16.0. The molecule has 0 bridgehead atoms. The van der Waals surface area contributed by atoms with Crippen molar-refractivity contribution in [1.29, 1.82) is 0 Å². The third-order valence-electron chi connectivity index (χ3n) is 3.57. The number of nitrogens with zero attached hydrogens (tertiary/aromatic N) is 1. The Morgan fingerprint density at radius 1 is 1.19 bits per heavy atom. The molecule has 0 heterocycles. The molecule has 1 atom stereocenters. The van der Waals surface area contributed by atoms with Crippen LogP contribution in [0.25, 0.3) is 0 Å². The molecule has 0 fully saturated rings. The standard InChI is InChI=1S/C20H33N3O3.HI/c1-4-21-20(22-13-9-12-19(24)26-5-2)23-14-17(3)15-25-16-18-10-7-6-8-11-18;/h6-8,10-11,17H,4-5,9,12-16H2,1-3H3,(H2,21,22,23);1H. The highest BCUT2D eigenvalue weighted by atomic mass is 127. The molecule has 1 rings (SSSR count). The van der Waals surface area contributed by atoms with Gasteiger partial charge in [-0.15, -0.1) is 24.0 Å². The number of guanidine groups is 1. The first kappa shape index (κ1) is 25.6. The number of hydrogen-bond donors (Lipinski definition) is 2. The maximum Gasteiger partial charge on any atom is 0.305 e. The van der Waals surface area contributed by atoms with Crippen molar-refractivity contribution in [2.75, 3.05) is 32.8 Å². The highest BCUT2D eigenvalue weighted by Gasteiger charge is 2.05. The predicted molar refractivity (Wildman–Crippen MR) is 121 cm³/mol. The molecule has 0 aliphatic rings. The molecule has 0 aliphatic heterocycles. The minimum atomic E-state index is -0.152. The normalized spacial score (nSPS) is 12.0. The zero-order chi connectivity index (χ0) is 19.0. The molecule has 27 heavy (non-hydrogen) atoms. The van der Waals surface area contributed by atoms with Crippen LogP contribution in [0.3, 0.4) is 0 Å². The number of carbonyl (C=O) groups excluding carboxylic acids is 1. The molecule has 0 saturated carbocycles. The second kappa shape index (κ2) is 16.8. The molecular weight excluding hydrogens is 457 g/mol. The summed E-state index contributed by atoms with van der Waals surface area (Å²) in [5, 5.41) is 6.46. The number of carbonyl (C=O) groups is 1. The van der Waals surface area contributed by atoms with E-state index in [9.17, 15) is 4.79 Å². The van der Waals surface area contributed by atoms with Crippen molar-refractivity contribution in [3.8, 4) is 0 Å². The van der Waals surface area contributed by atoms with E-state index in [0.29, 0.717) is 45.2 Å². The molecule has 1 aromatic carbocycles. The minimum absolute atomic E-state index is 0. The molecule has 0 spiro atoms. The van der Waals surface area contributed by atoms with E-state index in [2.05, 4.69) is 34.7 Å². The second-order valence-electron chi connectivity index (χ2n) is 6.16. The maximum absolute atomic E-state index is 11.3. The quantitative estimate of drug-likeness (QED) is 0.154. The largest absolute Gasteiger partial charge is 0.466 e. The van der Waals surface area contributed by atoms with Crippen LogP contribution in [-0.2, 0) is 20.9 Å². The fourth-order valence-electron chi connectivity index (χ4n) is 2.27. The van der Waals surface area contributed by atoms with Gasteiger partial charge in [-0.2, -0.15) is 0 Å². The minimum Gasteiger partial charge on any atom is -0.466 e. The van der Waals surface area contributed by atoms with Gasteiger partial charge in [0.25, 0.3) is 0 Å². The summed E-state index contributed by atoms with van der Waals surface area (Å²) < 4.78 is 10.7. The summed E-state index contributed by atoms with van der Waals surface area (Å²) in [6.45, 7) is 9.86. The molecule has 2 N–H and O–H groups in total. The van der Waals surface area contributed by atoms with Crippen molar-refractivity contribution in [3.05, 3.63) is 35.9 Å². The molecule has 1 aromatic rings. The predicted octanol–water partition coefficient (Wildman–Crippen LogP) is 3.36. The Bertz CT molecular complexity index is 526. The summed E-state index contributed by atoms with van der Waals surface area (Å²) in [6, 6.07) is 10.2. The van der Waals surface area contributed by atoms with Crippen molar-refractivity contribution < 1.29 is 14.3 Å². The van der Waals surface area contributed by atoms with E-state index >= 15 is 0 Å². The Morgan fingerprint density at radius 3 is 2.59 bits per heavy atom. The summed E-state index contributed by atoms with van der Waals surface area (Å²) in [5.74, 6) is 0.945. The van der Waals surface area contributed by atoms with Gasteiger partial charge in [0.05, 0.1) is 19.8 Å². The number of esters is 1. The molecule has 1 unspecified atom stereocenters. The van der Waals surface area contributed by atoms with Crippen LogP contribution in [-0.4, -0.2) is 44.8 Å². The summed E-state index contributed by atoms with van der Waals surface area (Å²) in [4.78, 5) is 15.9. The van der Waals surface area contributed by atoms with Gasteiger partial charge in [0.15, 0.2) is 5.96 Å². The number of aliphatic imine (C=N–C) groups is 1. The highest BCUT2D eigenvalue weighted by molar-refractivity contribution is 14.0. The second-order valence-corrected chi connectivity index (χ2v) is 6.16. The first-order valence-corrected chi connectivity index (χ1v) is 9.45. The van der Waals surface area contributed by atoms with E-state index in [4.69, 9.17) is 9.47 Å². The van der Waals surface area contributed by atoms with Gasteiger partial charge in [0.1, 0.15) is 0 Å². The van der Waals surface area contributed by atoms with E-state index in [1.54, 1.807) is 0 Å². The fraction of sp³-hybridized carbons (Fsp3) is 0.600. The smallest absolute Gasteiger partial charge is 0.305 e. The van der Waals surface area contributed by atoms with Crippen LogP contribution >= 0.6 is 24.0 Å². The van der Waals surface area contributed by atoms with Gasteiger partial charge in [0.2, 0.25) is 0 Å². The van der Waals surface area contributed by atoms with Gasteiger partial charge in [-0.3, -0.25) is 9.79 Å². The van der Waals surface area contributed by atoms with E-state index in [1.165, 1.54) is 5.56 Å². The molecule has 0 aromatic heterocycles. The molecule has 6 nitrogen and oxygen atoms in total. The average molecular weight is 491 g/mol. The number of rotatable bonds is 12. The number of benzene rings is 1. The van der Waals surface area contributed by atoms with Gasteiger partial charge in [-0.1, -0.05) is 37.3 Å². The van der Waals surface area contributed by atoms with Crippen LogP contribution in [0.5, 0.6) is 0 Å². The van der Waals surface area contributed by atoms with Gasteiger partial charge in [-0.05, 0) is 31.7 Å². The molecule has 7 heteroatoms. The van der Waals surface area contributed by atoms with Crippen LogP contribution in [0, 0.1) is 5.92 Å². The van der Waals surface area contributed by atoms with Crippen LogP contribution in [0.2, 0.25) is 0 Å². The summed E-state index contributed by atoms with van der Waals surface area (Å²) in [5.41, 5.74) is 1.18. The van der Waals surface area contributed by atoms with Crippen LogP contribution in [0.15, 0.2) is 35.3 Å². The lowest BCUT2D eigenvalue weighted by Crippen LogP contribution is -2.38. The lowest BCUT2D eigenvalue weighted by Gasteiger charge is -2.14. The van der Waals surface area contributed by atoms with Crippen molar-refractivity contribution in [2.24, 2.45) is 10.9 Å². The third-order valence-corrected chi connectivity index (χ3v) is 3.57. The lowest BCUT2D eigenvalue weighted by molar-refractivity contribution is -0.143. The van der Waals surface area contributed by atoms with Crippen LogP contribution in [0.1, 0.15) is 39.2 Å². The van der Waals surface area contributed by atoms with E-state index in [0.717, 1.165) is 18.9 Å². The van der Waals surface area contributed by atoms with E-state index in [1.807, 2.05) is 32.0 Å². The highest BCUT2D eigenvalue weighted by Crippen LogP contribution is 2.03. The summed E-state index contributed by atoms with van der Waals surface area (Å²) in [7, 11) is 0. The Morgan fingerprint density at radius 2 is 1.93 bits per heavy atom. The van der Waals surface area contributed by atoms with E-state index < -0.39 is 0 Å². The van der Waals surface area contributed by atoms with Crippen molar-refractivity contribution in [3.63, 3.8) is 0 Å².